The molecule has 0 radical (unpaired) electrons. The summed E-state index contributed by atoms with van der Waals surface area (Å²) in [5.74, 6) is -1.64. The van der Waals surface area contributed by atoms with E-state index >= 15 is 8.78 Å². The lowest BCUT2D eigenvalue weighted by Crippen LogP contribution is -2.59. The SMILES string of the molecule is CC1CN(C2(C)CCCN2C(=O)O)c2nc(S(C)=O)nc3c(F)c(-c4ccc(F)c5sc(NC(=O)OC(C)(C)C)c(C#N)c45)c(Cl)c(c23)O1. The molecule has 17 heteroatoms. The van der Waals surface area contributed by atoms with Gasteiger partial charge in [0.05, 0.1) is 38.0 Å². The fraction of sp³-hybridized carbons (Fsp3) is 0.406. The molecule has 4 heterocycles. The Labute approximate surface area is 291 Å². The minimum absolute atomic E-state index is 0.0126. The zero-order valence-electron chi connectivity index (χ0n) is 27.2. The minimum Gasteiger partial charge on any atom is -0.486 e. The number of carbonyl (C=O) groups is 2. The molecule has 0 spiro atoms. The van der Waals surface area contributed by atoms with Crippen molar-refractivity contribution in [3.8, 4) is 22.9 Å². The predicted octanol–water partition coefficient (Wildman–Crippen LogP) is 7.48. The highest BCUT2D eigenvalue weighted by Gasteiger charge is 2.48. The van der Waals surface area contributed by atoms with Crippen LogP contribution in [0.2, 0.25) is 5.02 Å². The van der Waals surface area contributed by atoms with E-state index in [1.165, 1.54) is 17.2 Å². The number of amides is 2. The topological polar surface area (TPSA) is 158 Å². The van der Waals surface area contributed by atoms with Gasteiger partial charge >= 0.3 is 12.2 Å². The molecule has 6 rings (SSSR count). The van der Waals surface area contributed by atoms with Gasteiger partial charge in [-0.2, -0.15) is 5.26 Å². The van der Waals surface area contributed by atoms with Crippen LogP contribution in [0.4, 0.5) is 29.2 Å². The molecule has 2 aliphatic rings. The van der Waals surface area contributed by atoms with Crippen LogP contribution in [0, 0.1) is 23.0 Å². The number of nitriles is 1. The van der Waals surface area contributed by atoms with E-state index in [2.05, 4.69) is 15.3 Å². The van der Waals surface area contributed by atoms with Crippen LogP contribution >= 0.6 is 22.9 Å². The molecule has 2 aromatic heterocycles. The lowest BCUT2D eigenvalue weighted by Gasteiger charge is -2.44. The number of carboxylic acid groups (broad SMARTS) is 1. The van der Waals surface area contributed by atoms with E-state index in [-0.39, 0.29) is 77.5 Å². The van der Waals surface area contributed by atoms with Gasteiger partial charge in [0.2, 0.25) is 5.16 Å². The molecule has 2 N–H and O–H groups in total. The van der Waals surface area contributed by atoms with Gasteiger partial charge in [-0.25, -0.2) is 28.3 Å². The molecule has 0 saturated carbocycles. The second kappa shape index (κ2) is 12.2. The highest BCUT2D eigenvalue weighted by atomic mass is 35.5. The number of hydrogen-bond acceptors (Lipinski definition) is 10. The Bertz CT molecular complexity index is 2150. The summed E-state index contributed by atoms with van der Waals surface area (Å²) in [5, 5.41) is 22.4. The van der Waals surface area contributed by atoms with Crippen molar-refractivity contribution in [2.45, 2.75) is 70.0 Å². The van der Waals surface area contributed by atoms with E-state index in [0.717, 1.165) is 17.4 Å². The summed E-state index contributed by atoms with van der Waals surface area (Å²) in [5.41, 5.74) is -2.71. The number of nitrogens with one attached hydrogen (secondary N) is 1. The summed E-state index contributed by atoms with van der Waals surface area (Å²) >= 11 is 7.80. The number of likely N-dealkylation sites (tertiary alicyclic amines) is 1. The maximum atomic E-state index is 17.2. The van der Waals surface area contributed by atoms with Crippen molar-refractivity contribution >= 4 is 77.7 Å². The molecule has 2 aliphatic heterocycles. The van der Waals surface area contributed by atoms with Crippen LogP contribution in [0.5, 0.6) is 5.75 Å². The molecule has 3 atom stereocenters. The van der Waals surface area contributed by atoms with Crippen molar-refractivity contribution in [2.75, 3.05) is 29.6 Å². The van der Waals surface area contributed by atoms with E-state index < -0.39 is 52.0 Å². The van der Waals surface area contributed by atoms with Gasteiger partial charge in [0, 0.05) is 23.8 Å². The van der Waals surface area contributed by atoms with Crippen LogP contribution in [-0.2, 0) is 15.5 Å². The maximum absolute atomic E-state index is 17.2. The summed E-state index contributed by atoms with van der Waals surface area (Å²) in [4.78, 5) is 36.9. The molecule has 12 nitrogen and oxygen atoms in total. The number of nitrogens with zero attached hydrogens (tertiary/aromatic N) is 5. The van der Waals surface area contributed by atoms with Crippen LogP contribution in [0.3, 0.4) is 0 Å². The van der Waals surface area contributed by atoms with Crippen molar-refractivity contribution in [1.29, 1.82) is 5.26 Å². The fourth-order valence-corrected chi connectivity index (χ4v) is 8.24. The summed E-state index contributed by atoms with van der Waals surface area (Å²) in [6.07, 6.45) is -0.352. The number of aromatic nitrogens is 2. The first-order chi connectivity index (χ1) is 23.0. The van der Waals surface area contributed by atoms with Gasteiger partial charge in [-0.1, -0.05) is 17.7 Å². The first kappa shape index (κ1) is 34.5. The van der Waals surface area contributed by atoms with E-state index in [0.29, 0.717) is 12.8 Å². The lowest BCUT2D eigenvalue weighted by atomic mass is 9.96. The van der Waals surface area contributed by atoms with Gasteiger partial charge in [0.15, 0.2) is 11.6 Å². The van der Waals surface area contributed by atoms with Crippen LogP contribution in [-0.4, -0.2) is 73.1 Å². The molecule has 2 amide bonds. The van der Waals surface area contributed by atoms with Crippen LogP contribution < -0.4 is 15.0 Å². The van der Waals surface area contributed by atoms with Gasteiger partial charge in [-0.15, -0.1) is 11.3 Å². The quantitative estimate of drug-likeness (QED) is 0.202. The zero-order chi connectivity index (χ0) is 35.7. The van der Waals surface area contributed by atoms with E-state index in [1.807, 2.05) is 6.07 Å². The third-order valence-electron chi connectivity index (χ3n) is 8.43. The molecule has 2 aromatic carbocycles. The van der Waals surface area contributed by atoms with E-state index in [4.69, 9.17) is 21.1 Å². The predicted molar refractivity (Wildman–Crippen MR) is 182 cm³/mol. The van der Waals surface area contributed by atoms with E-state index in [1.54, 1.807) is 39.5 Å². The molecule has 49 heavy (non-hydrogen) atoms. The van der Waals surface area contributed by atoms with Crippen LogP contribution in [0.25, 0.3) is 32.1 Å². The number of hydrogen-bond donors (Lipinski definition) is 2. The van der Waals surface area contributed by atoms with E-state index in [9.17, 15) is 24.2 Å². The second-order valence-electron chi connectivity index (χ2n) is 13.0. The Morgan fingerprint density at radius 1 is 1.29 bits per heavy atom. The van der Waals surface area contributed by atoms with Crippen LogP contribution in [0.1, 0.15) is 53.0 Å². The summed E-state index contributed by atoms with van der Waals surface area (Å²) in [7, 11) is -1.81. The van der Waals surface area contributed by atoms with Crippen LogP contribution in [0.15, 0.2) is 17.3 Å². The second-order valence-corrected chi connectivity index (χ2v) is 15.6. The smallest absolute Gasteiger partial charge is 0.412 e. The number of thiophene rings is 1. The normalized spacial score (nSPS) is 19.8. The molecule has 1 fully saturated rings. The molecule has 3 unspecified atom stereocenters. The average molecular weight is 733 g/mol. The van der Waals surface area contributed by atoms with Crippen molar-refractivity contribution in [3.63, 3.8) is 0 Å². The standard InChI is InChI=1S/C32H31ClF2N6O6S2/c1-14-13-41(32(5)10-7-11-40(32)30(43)44)26-20-23(37-28(38-26)49(6)45)22(35)19(21(33)24(20)46-14)15-8-9-17(34)25-18(15)16(12-36)27(48-25)39-29(42)47-31(2,3)4/h8-9,14H,7,10-11,13H2,1-6H3,(H,39,42)(H,43,44). The first-order valence-electron chi connectivity index (χ1n) is 15.1. The molecule has 258 valence electrons. The van der Waals surface area contributed by atoms with Crippen molar-refractivity contribution in [3.05, 3.63) is 34.4 Å². The van der Waals surface area contributed by atoms with Crippen molar-refractivity contribution in [1.82, 2.24) is 14.9 Å². The third-order valence-corrected chi connectivity index (χ3v) is 10.6. The van der Waals surface area contributed by atoms with Gasteiger partial charge in [-0.3, -0.25) is 14.4 Å². The lowest BCUT2D eigenvalue weighted by molar-refractivity contribution is 0.0636. The average Bonchev–Trinajstić information content (AvgIpc) is 3.54. The number of anilines is 2. The monoisotopic (exact) mass is 732 g/mol. The Morgan fingerprint density at radius 2 is 2.00 bits per heavy atom. The summed E-state index contributed by atoms with van der Waals surface area (Å²) in [6.45, 7) is 8.82. The number of rotatable bonds is 4. The zero-order valence-corrected chi connectivity index (χ0v) is 29.6. The highest BCUT2D eigenvalue weighted by molar-refractivity contribution is 7.84. The number of ether oxygens (including phenoxy) is 2. The van der Waals surface area contributed by atoms with Gasteiger partial charge in [0.25, 0.3) is 0 Å². The molecule has 0 bridgehead atoms. The van der Waals surface area contributed by atoms with Gasteiger partial charge in [0.1, 0.15) is 45.6 Å². The van der Waals surface area contributed by atoms with Gasteiger partial charge < -0.3 is 19.5 Å². The largest absolute Gasteiger partial charge is 0.486 e. The number of benzene rings is 2. The Hall–Kier alpha value is -4.33. The summed E-state index contributed by atoms with van der Waals surface area (Å²) in [6, 6.07) is 4.36. The highest BCUT2D eigenvalue weighted by Crippen LogP contribution is 2.52. The summed E-state index contributed by atoms with van der Waals surface area (Å²) < 4.78 is 57.0. The number of fused-ring (bicyclic) bond motifs is 1. The van der Waals surface area contributed by atoms with Crippen molar-refractivity contribution < 1.29 is 37.2 Å². The Kier molecular flexibility index (Phi) is 8.61. The molecule has 0 aliphatic carbocycles. The Balaban J connectivity index is 1.66. The van der Waals surface area contributed by atoms with Gasteiger partial charge in [-0.05, 0) is 59.1 Å². The fourth-order valence-electron chi connectivity index (χ4n) is 6.41. The molecule has 1 saturated heterocycles. The molecular formula is C32H31ClF2N6O6S2. The maximum Gasteiger partial charge on any atom is 0.412 e. The Morgan fingerprint density at radius 3 is 2.63 bits per heavy atom. The number of carbonyl (C=O) groups excluding carboxylic acids is 1. The molecule has 4 aromatic rings. The number of halogens is 3. The van der Waals surface area contributed by atoms with Crippen molar-refractivity contribution in [2.24, 2.45) is 0 Å². The minimum atomic E-state index is -1.81. The first-order valence-corrected chi connectivity index (χ1v) is 17.9. The molecular weight excluding hydrogens is 702 g/mol. The third kappa shape index (κ3) is 5.77.